The molecule has 4 N–H and O–H groups in total. The van der Waals surface area contributed by atoms with Crippen LogP contribution >= 0.6 is 22.9 Å². The summed E-state index contributed by atoms with van der Waals surface area (Å²) in [5, 5.41) is 17.5. The third-order valence-corrected chi connectivity index (χ3v) is 7.46. The molecule has 4 atom stereocenters. The van der Waals surface area contributed by atoms with Crippen molar-refractivity contribution >= 4 is 28.8 Å². The van der Waals surface area contributed by atoms with Crippen LogP contribution in [0.3, 0.4) is 0 Å². The van der Waals surface area contributed by atoms with Gasteiger partial charge in [-0.15, -0.1) is 11.3 Å². The topological polar surface area (TPSA) is 90.6 Å². The van der Waals surface area contributed by atoms with Gasteiger partial charge < -0.3 is 15.4 Å². The lowest BCUT2D eigenvalue weighted by molar-refractivity contribution is -0.131. The average Bonchev–Trinajstić information content (AvgIpc) is 3.30. The highest BCUT2D eigenvalue weighted by Crippen LogP contribution is 2.31. The van der Waals surface area contributed by atoms with Crippen LogP contribution in [0.5, 0.6) is 0 Å². The molecule has 3 saturated heterocycles. The first-order valence-electron chi connectivity index (χ1n) is 11.2. The summed E-state index contributed by atoms with van der Waals surface area (Å²) in [6.07, 6.45) is 1.81. The minimum atomic E-state index is -0.403. The number of rotatable bonds is 5. The Balaban J connectivity index is 1.38. The molecular formula is C22H29ClN6O2S. The Morgan fingerprint density at radius 2 is 2.03 bits per heavy atom. The van der Waals surface area contributed by atoms with Crippen LogP contribution in [0.15, 0.2) is 29.6 Å². The standard InChI is InChI=1S/C22H29ClN6O2S/c23-15-5-3-14(4-6-15)17-13-32-21(26-17)18-19(25-16-2-1-7-24-12-16)27-22(28-20(18)30)29-8-10-31-11-9-29/h3-6,13,16,18-19,22,24-25,27H,1-2,7-12H2,(H,28,30)/t16-,18?,19?,22?/m1/s1. The maximum Gasteiger partial charge on any atom is 0.235 e. The Bertz CT molecular complexity index is 913. The van der Waals surface area contributed by atoms with Gasteiger partial charge in [-0.2, -0.15) is 0 Å². The molecule has 2 aromatic rings. The molecule has 3 fully saturated rings. The van der Waals surface area contributed by atoms with E-state index in [2.05, 4.69) is 26.2 Å². The predicted molar refractivity (Wildman–Crippen MR) is 126 cm³/mol. The van der Waals surface area contributed by atoms with Crippen molar-refractivity contribution in [3.8, 4) is 11.3 Å². The molecule has 0 saturated carbocycles. The number of carbonyl (C=O) groups is 1. The number of carbonyl (C=O) groups excluding carboxylic acids is 1. The highest BCUT2D eigenvalue weighted by atomic mass is 35.5. The molecular weight excluding hydrogens is 448 g/mol. The molecule has 172 valence electrons. The van der Waals surface area contributed by atoms with Crippen LogP contribution in [-0.4, -0.2) is 73.7 Å². The molecule has 0 bridgehead atoms. The van der Waals surface area contributed by atoms with Crippen LogP contribution in [0.2, 0.25) is 5.02 Å². The highest BCUT2D eigenvalue weighted by Gasteiger charge is 2.41. The number of halogens is 1. The first kappa shape index (κ1) is 22.2. The van der Waals surface area contributed by atoms with Crippen molar-refractivity contribution in [2.45, 2.75) is 37.3 Å². The van der Waals surface area contributed by atoms with Crippen molar-refractivity contribution in [2.24, 2.45) is 0 Å². The third-order valence-electron chi connectivity index (χ3n) is 6.28. The van der Waals surface area contributed by atoms with Gasteiger partial charge in [-0.3, -0.25) is 20.3 Å². The molecule has 3 unspecified atom stereocenters. The van der Waals surface area contributed by atoms with Gasteiger partial charge in [0.1, 0.15) is 17.2 Å². The Morgan fingerprint density at radius 3 is 2.78 bits per heavy atom. The van der Waals surface area contributed by atoms with Gasteiger partial charge in [0.15, 0.2) is 0 Å². The Labute approximate surface area is 197 Å². The number of ether oxygens (including phenoxy) is 1. The van der Waals surface area contributed by atoms with E-state index in [0.29, 0.717) is 24.3 Å². The Morgan fingerprint density at radius 1 is 1.22 bits per heavy atom. The van der Waals surface area contributed by atoms with Crippen molar-refractivity contribution < 1.29 is 9.53 Å². The molecule has 4 heterocycles. The largest absolute Gasteiger partial charge is 0.379 e. The molecule has 10 heteroatoms. The van der Waals surface area contributed by atoms with Crippen molar-refractivity contribution in [2.75, 3.05) is 39.4 Å². The lowest BCUT2D eigenvalue weighted by atomic mass is 10.00. The number of hydrogen-bond acceptors (Lipinski definition) is 8. The fourth-order valence-electron chi connectivity index (χ4n) is 4.55. The molecule has 8 nitrogen and oxygen atoms in total. The van der Waals surface area contributed by atoms with Gasteiger partial charge in [0.2, 0.25) is 5.91 Å². The van der Waals surface area contributed by atoms with Gasteiger partial charge in [-0.05, 0) is 31.5 Å². The lowest BCUT2D eigenvalue weighted by Gasteiger charge is -2.44. The number of piperidine rings is 1. The zero-order valence-corrected chi connectivity index (χ0v) is 19.4. The second kappa shape index (κ2) is 10.1. The minimum Gasteiger partial charge on any atom is -0.379 e. The van der Waals surface area contributed by atoms with Crippen LogP contribution in [0.25, 0.3) is 11.3 Å². The molecule has 3 aliphatic heterocycles. The van der Waals surface area contributed by atoms with Crippen LogP contribution < -0.4 is 21.3 Å². The van der Waals surface area contributed by atoms with Gasteiger partial charge in [0.05, 0.1) is 25.1 Å². The monoisotopic (exact) mass is 476 g/mol. The van der Waals surface area contributed by atoms with E-state index in [1.807, 2.05) is 29.6 Å². The van der Waals surface area contributed by atoms with Gasteiger partial charge in [-0.1, -0.05) is 23.7 Å². The lowest BCUT2D eigenvalue weighted by Crippen LogP contribution is -2.71. The van der Waals surface area contributed by atoms with E-state index in [0.717, 1.165) is 55.3 Å². The third kappa shape index (κ3) is 4.99. The van der Waals surface area contributed by atoms with Gasteiger partial charge in [-0.25, -0.2) is 4.98 Å². The first-order valence-corrected chi connectivity index (χ1v) is 12.5. The fraction of sp³-hybridized carbons (Fsp3) is 0.545. The van der Waals surface area contributed by atoms with E-state index in [1.165, 1.54) is 11.3 Å². The molecule has 5 rings (SSSR count). The average molecular weight is 477 g/mol. The fourth-order valence-corrected chi connectivity index (χ4v) is 5.63. The number of nitrogens with zero attached hydrogens (tertiary/aromatic N) is 2. The summed E-state index contributed by atoms with van der Waals surface area (Å²) < 4.78 is 5.49. The zero-order chi connectivity index (χ0) is 21.9. The normalized spacial score (nSPS) is 29.6. The van der Waals surface area contributed by atoms with Crippen LogP contribution in [0.4, 0.5) is 0 Å². The summed E-state index contributed by atoms with van der Waals surface area (Å²) in [4.78, 5) is 20.5. The number of amides is 1. The van der Waals surface area contributed by atoms with E-state index in [4.69, 9.17) is 21.3 Å². The molecule has 0 aliphatic carbocycles. The number of hydrogen-bond donors (Lipinski definition) is 4. The van der Waals surface area contributed by atoms with E-state index in [-0.39, 0.29) is 18.4 Å². The van der Waals surface area contributed by atoms with Crippen molar-refractivity contribution in [1.82, 2.24) is 31.2 Å². The molecule has 3 aliphatic rings. The summed E-state index contributed by atoms with van der Waals surface area (Å²) in [7, 11) is 0. The van der Waals surface area contributed by atoms with E-state index < -0.39 is 5.92 Å². The molecule has 1 aromatic heterocycles. The van der Waals surface area contributed by atoms with Crippen molar-refractivity contribution in [1.29, 1.82) is 0 Å². The smallest absolute Gasteiger partial charge is 0.235 e. The molecule has 0 radical (unpaired) electrons. The van der Waals surface area contributed by atoms with E-state index in [1.54, 1.807) is 0 Å². The summed E-state index contributed by atoms with van der Waals surface area (Å²) in [6, 6.07) is 7.95. The SMILES string of the molecule is O=C1NC(N2CCOCC2)NC(N[C@@H]2CCCNC2)C1c1nc(-c2ccc(Cl)cc2)cs1. The highest BCUT2D eigenvalue weighted by molar-refractivity contribution is 7.10. The molecule has 1 aromatic carbocycles. The number of benzene rings is 1. The number of thiazole rings is 1. The maximum absolute atomic E-state index is 13.4. The molecule has 1 amide bonds. The molecule has 32 heavy (non-hydrogen) atoms. The molecule has 0 spiro atoms. The summed E-state index contributed by atoms with van der Waals surface area (Å²) in [5.41, 5.74) is 1.86. The summed E-state index contributed by atoms with van der Waals surface area (Å²) in [6.45, 7) is 4.89. The maximum atomic E-state index is 13.4. The van der Waals surface area contributed by atoms with Crippen molar-refractivity contribution in [3.63, 3.8) is 0 Å². The van der Waals surface area contributed by atoms with E-state index >= 15 is 0 Å². The number of aromatic nitrogens is 1. The van der Waals surface area contributed by atoms with Crippen LogP contribution in [0, 0.1) is 0 Å². The second-order valence-electron chi connectivity index (χ2n) is 8.47. The number of nitrogens with one attached hydrogen (secondary N) is 4. The quantitative estimate of drug-likeness (QED) is 0.520. The second-order valence-corrected chi connectivity index (χ2v) is 9.80. The predicted octanol–water partition coefficient (Wildman–Crippen LogP) is 1.55. The minimum absolute atomic E-state index is 0.00137. The first-order chi connectivity index (χ1) is 15.7. The van der Waals surface area contributed by atoms with Crippen molar-refractivity contribution in [3.05, 3.63) is 39.7 Å². The Hall–Kier alpha value is -1.59. The van der Waals surface area contributed by atoms with Crippen LogP contribution in [-0.2, 0) is 9.53 Å². The van der Waals surface area contributed by atoms with Gasteiger partial charge in [0.25, 0.3) is 0 Å². The van der Waals surface area contributed by atoms with Crippen LogP contribution in [0.1, 0.15) is 23.8 Å². The van der Waals surface area contributed by atoms with E-state index in [9.17, 15) is 4.79 Å². The Kier molecular flexibility index (Phi) is 7.03. The summed E-state index contributed by atoms with van der Waals surface area (Å²) in [5.74, 6) is -0.404. The number of morpholine rings is 1. The van der Waals surface area contributed by atoms with Gasteiger partial charge >= 0.3 is 0 Å². The summed E-state index contributed by atoms with van der Waals surface area (Å²) >= 11 is 7.56. The zero-order valence-electron chi connectivity index (χ0n) is 17.9. The van der Waals surface area contributed by atoms with Gasteiger partial charge in [0, 0.05) is 41.6 Å².